The molecule has 0 unspecified atom stereocenters. The number of ether oxygens (including phenoxy) is 3. The number of amides is 3. The van der Waals surface area contributed by atoms with Crippen LogP contribution in [0.4, 0.5) is 35.4 Å². The second kappa shape index (κ2) is 15.9. The van der Waals surface area contributed by atoms with E-state index in [-0.39, 0.29) is 6.03 Å². The van der Waals surface area contributed by atoms with Gasteiger partial charge in [-0.3, -0.25) is 5.32 Å². The fraction of sp³-hybridized carbons (Fsp3) is 0.150. The Hall–Kier alpha value is -6.36. The topological polar surface area (TPSA) is 92.4 Å². The summed E-state index contributed by atoms with van der Waals surface area (Å²) >= 11 is 0. The summed E-state index contributed by atoms with van der Waals surface area (Å²) in [6.45, 7) is 1.87. The molecule has 0 atom stereocenters. The van der Waals surface area contributed by atoms with Gasteiger partial charge in [0.15, 0.2) is 0 Å². The Morgan fingerprint density at radius 3 is 1.57 bits per heavy atom. The third-order valence-corrected chi connectivity index (χ3v) is 8.35. The third-order valence-electron chi connectivity index (χ3n) is 8.35. The van der Waals surface area contributed by atoms with E-state index in [1.807, 2.05) is 83.8 Å². The molecule has 7 rings (SSSR count). The van der Waals surface area contributed by atoms with Gasteiger partial charge >= 0.3 is 12.1 Å². The molecular weight excluding hydrogens is 654 g/mol. The lowest BCUT2D eigenvalue weighted by atomic mass is 10.1. The molecule has 1 aliphatic rings. The Kier molecular flexibility index (Phi) is 10.8. The summed E-state index contributed by atoms with van der Waals surface area (Å²) in [6, 6.07) is 35.4. The molecule has 1 fully saturated rings. The number of halogens is 2. The number of piperazine rings is 1. The number of nitrogens with zero attached hydrogens (tertiary/aromatic N) is 2. The third kappa shape index (κ3) is 8.63. The van der Waals surface area contributed by atoms with Gasteiger partial charge in [-0.25, -0.2) is 18.4 Å². The summed E-state index contributed by atoms with van der Waals surface area (Å²) in [5, 5.41) is 9.72. The van der Waals surface area contributed by atoms with Crippen molar-refractivity contribution in [1.82, 2.24) is 4.90 Å². The number of nitrogens with one attached hydrogen (secondary N) is 2. The van der Waals surface area contributed by atoms with E-state index in [1.54, 1.807) is 43.4 Å². The lowest BCUT2D eigenvalue weighted by Gasteiger charge is -2.36. The molecule has 260 valence electrons. The number of hydrogen-bond donors (Lipinski definition) is 2. The minimum absolute atomic E-state index is 0.233. The van der Waals surface area contributed by atoms with Crippen LogP contribution in [0.1, 0.15) is 0 Å². The number of methoxy groups -OCH3 is 2. The van der Waals surface area contributed by atoms with Gasteiger partial charge in [0.1, 0.15) is 28.9 Å². The summed E-state index contributed by atoms with van der Waals surface area (Å²) < 4.78 is 42.9. The van der Waals surface area contributed by atoms with E-state index in [0.717, 1.165) is 27.6 Å². The predicted molar refractivity (Wildman–Crippen MR) is 196 cm³/mol. The molecule has 51 heavy (non-hydrogen) atoms. The van der Waals surface area contributed by atoms with Gasteiger partial charge in [-0.05, 0) is 70.1 Å². The standard InChI is InChI=1S/C22H21F2N3O2.C18H15NO3/c1-29-21-11-16-5-3-2-4-15(16)10-20(21)25-22(28)27-8-6-26(7-9-27)19-13-17(23)12-18(24)14-19;1-21-17-12-14-8-6-5-7-13(14)11-16(17)19-18(20)22-15-9-3-2-4-10-15/h2-5,10-14H,6-9H2,1H3,(H,25,28);2-12H,1H3,(H,19,20). The molecule has 0 aliphatic carbocycles. The van der Waals surface area contributed by atoms with Crippen molar-refractivity contribution in [3.8, 4) is 17.2 Å². The minimum atomic E-state index is -0.608. The minimum Gasteiger partial charge on any atom is -0.495 e. The number of urea groups is 1. The highest BCUT2D eigenvalue weighted by Gasteiger charge is 2.23. The Bertz CT molecular complexity index is 2140. The Morgan fingerprint density at radius 1 is 0.588 bits per heavy atom. The van der Waals surface area contributed by atoms with Crippen LogP contribution in [-0.4, -0.2) is 57.4 Å². The van der Waals surface area contributed by atoms with Crippen LogP contribution in [-0.2, 0) is 0 Å². The maximum atomic E-state index is 13.5. The molecule has 1 saturated heterocycles. The van der Waals surface area contributed by atoms with Crippen LogP contribution in [0.15, 0.2) is 121 Å². The number of hydrogen-bond acceptors (Lipinski definition) is 6. The van der Waals surface area contributed by atoms with E-state index in [4.69, 9.17) is 14.2 Å². The van der Waals surface area contributed by atoms with Gasteiger partial charge in [0.25, 0.3) is 0 Å². The van der Waals surface area contributed by atoms with Gasteiger partial charge in [0.2, 0.25) is 0 Å². The second-order valence-corrected chi connectivity index (χ2v) is 11.7. The maximum Gasteiger partial charge on any atom is 0.417 e. The van der Waals surface area contributed by atoms with Gasteiger partial charge < -0.3 is 29.3 Å². The molecule has 2 N–H and O–H groups in total. The van der Waals surface area contributed by atoms with Crippen LogP contribution in [0.5, 0.6) is 17.2 Å². The van der Waals surface area contributed by atoms with E-state index < -0.39 is 17.7 Å². The average molecular weight is 691 g/mol. The summed E-state index contributed by atoms with van der Waals surface area (Å²) in [5.41, 5.74) is 1.66. The quantitative estimate of drug-likeness (QED) is 0.181. The van der Waals surface area contributed by atoms with Crippen LogP contribution in [0.25, 0.3) is 21.5 Å². The largest absolute Gasteiger partial charge is 0.495 e. The first-order valence-electron chi connectivity index (χ1n) is 16.2. The summed E-state index contributed by atoms with van der Waals surface area (Å²) in [7, 11) is 3.13. The molecule has 1 aliphatic heterocycles. The smallest absolute Gasteiger partial charge is 0.417 e. The number of benzene rings is 6. The summed E-state index contributed by atoms with van der Waals surface area (Å²) in [4.78, 5) is 28.3. The Morgan fingerprint density at radius 2 is 1.06 bits per heavy atom. The molecule has 0 aromatic heterocycles. The van der Waals surface area contributed by atoms with Crippen molar-refractivity contribution in [1.29, 1.82) is 0 Å². The Balaban J connectivity index is 0.000000183. The number of rotatable bonds is 6. The highest BCUT2D eigenvalue weighted by molar-refractivity contribution is 5.97. The lowest BCUT2D eigenvalue weighted by molar-refractivity contribution is 0.208. The van der Waals surface area contributed by atoms with Gasteiger partial charge in [0, 0.05) is 37.9 Å². The first-order valence-corrected chi connectivity index (χ1v) is 16.2. The molecule has 6 aromatic carbocycles. The number of anilines is 3. The van der Waals surface area contributed by atoms with Crippen LogP contribution in [0.2, 0.25) is 0 Å². The van der Waals surface area contributed by atoms with E-state index >= 15 is 0 Å². The highest BCUT2D eigenvalue weighted by Crippen LogP contribution is 2.32. The van der Waals surface area contributed by atoms with Gasteiger partial charge in [-0.15, -0.1) is 0 Å². The van der Waals surface area contributed by atoms with Crippen LogP contribution in [0.3, 0.4) is 0 Å². The van der Waals surface area contributed by atoms with E-state index in [0.29, 0.717) is 60.5 Å². The number of carbonyl (C=O) groups excluding carboxylic acids is 2. The first-order chi connectivity index (χ1) is 24.8. The van der Waals surface area contributed by atoms with Gasteiger partial charge in [-0.1, -0.05) is 66.7 Å². The van der Waals surface area contributed by atoms with Gasteiger partial charge in [-0.2, -0.15) is 0 Å². The van der Waals surface area contributed by atoms with E-state index in [9.17, 15) is 18.4 Å². The van der Waals surface area contributed by atoms with Crippen LogP contribution in [0, 0.1) is 11.6 Å². The monoisotopic (exact) mass is 690 g/mol. The molecule has 3 amide bonds. The van der Waals surface area contributed by atoms with Crippen molar-refractivity contribution in [3.05, 3.63) is 133 Å². The van der Waals surface area contributed by atoms with Crippen molar-refractivity contribution in [3.63, 3.8) is 0 Å². The summed E-state index contributed by atoms with van der Waals surface area (Å²) in [6.07, 6.45) is -0.556. The van der Waals surface area contributed by atoms with E-state index in [1.165, 1.54) is 12.1 Å². The maximum absolute atomic E-state index is 13.5. The SMILES string of the molecule is COc1cc2ccccc2cc1NC(=O)N1CCN(c2cc(F)cc(F)c2)CC1.COc1cc2ccccc2cc1NC(=O)Oc1ccccc1. The molecule has 9 nitrogen and oxygen atoms in total. The van der Waals surface area contributed by atoms with Crippen molar-refractivity contribution in [2.75, 3.05) is 55.9 Å². The lowest BCUT2D eigenvalue weighted by Crippen LogP contribution is -2.50. The molecule has 11 heteroatoms. The normalized spacial score (nSPS) is 12.5. The first kappa shape index (κ1) is 34.5. The van der Waals surface area contributed by atoms with Gasteiger partial charge in [0.05, 0.1) is 25.6 Å². The Labute approximate surface area is 293 Å². The zero-order valence-electron chi connectivity index (χ0n) is 28.1. The number of carbonyl (C=O) groups is 2. The van der Waals surface area contributed by atoms with Crippen molar-refractivity contribution in [2.45, 2.75) is 0 Å². The number of para-hydroxylation sites is 1. The van der Waals surface area contributed by atoms with Crippen molar-refractivity contribution < 1.29 is 32.6 Å². The molecular formula is C40H36F2N4O5. The second-order valence-electron chi connectivity index (χ2n) is 11.7. The summed E-state index contributed by atoms with van der Waals surface area (Å²) in [5.74, 6) is 0.446. The van der Waals surface area contributed by atoms with Crippen LogP contribution >= 0.6 is 0 Å². The van der Waals surface area contributed by atoms with Crippen molar-refractivity contribution >= 4 is 50.7 Å². The fourth-order valence-corrected chi connectivity index (χ4v) is 5.79. The molecule has 6 aromatic rings. The zero-order chi connectivity index (χ0) is 35.7. The predicted octanol–water partition coefficient (Wildman–Crippen LogP) is 8.94. The fourth-order valence-electron chi connectivity index (χ4n) is 5.79. The molecule has 0 radical (unpaired) electrons. The number of fused-ring (bicyclic) bond motifs is 2. The highest BCUT2D eigenvalue weighted by atomic mass is 19.1. The molecule has 0 saturated carbocycles. The van der Waals surface area contributed by atoms with Crippen molar-refractivity contribution in [2.24, 2.45) is 0 Å². The molecule has 1 heterocycles. The zero-order valence-corrected chi connectivity index (χ0v) is 28.1. The van der Waals surface area contributed by atoms with E-state index in [2.05, 4.69) is 10.6 Å². The van der Waals surface area contributed by atoms with Crippen LogP contribution < -0.4 is 29.7 Å². The molecule has 0 bridgehead atoms. The molecule has 0 spiro atoms. The average Bonchev–Trinajstić information content (AvgIpc) is 3.14.